The monoisotopic (exact) mass is 217 g/mol. The van der Waals surface area contributed by atoms with Gasteiger partial charge in [0.1, 0.15) is 0 Å². The number of fused-ring (bicyclic) bond motifs is 2. The van der Waals surface area contributed by atoms with Gasteiger partial charge < -0.3 is 0 Å². The van der Waals surface area contributed by atoms with Crippen LogP contribution in [0.1, 0.15) is 25.7 Å². The Morgan fingerprint density at radius 3 is 2.75 bits per heavy atom. The molecule has 2 aliphatic rings. The molecule has 3 heteroatoms. The largest absolute Gasteiger partial charge is 0.296 e. The fourth-order valence-electron chi connectivity index (χ4n) is 2.80. The lowest BCUT2D eigenvalue weighted by molar-refractivity contribution is -0.137. The second kappa shape index (κ2) is 3.59. The summed E-state index contributed by atoms with van der Waals surface area (Å²) in [7, 11) is 0. The van der Waals surface area contributed by atoms with E-state index in [0.717, 1.165) is 24.9 Å². The normalized spacial score (nSPS) is 32.0. The molecule has 2 atom stereocenters. The quantitative estimate of drug-likeness (QED) is 0.791. The number of ketones is 1. The Morgan fingerprint density at radius 1 is 1.31 bits per heavy atom. The van der Waals surface area contributed by atoms with Crippen LogP contribution in [0.3, 0.4) is 0 Å². The molecule has 0 radical (unpaired) electrons. The highest BCUT2D eigenvalue weighted by atomic mass is 16.7. The third kappa shape index (κ3) is 1.52. The van der Waals surface area contributed by atoms with Crippen molar-refractivity contribution < 1.29 is 9.63 Å². The Kier molecular flexibility index (Phi) is 2.21. The van der Waals surface area contributed by atoms with Crippen molar-refractivity contribution in [2.75, 3.05) is 5.48 Å². The zero-order valence-corrected chi connectivity index (χ0v) is 9.11. The molecule has 0 spiro atoms. The summed E-state index contributed by atoms with van der Waals surface area (Å²) in [5, 5.41) is 0. The zero-order chi connectivity index (χ0) is 11.0. The number of rotatable bonds is 3. The highest BCUT2D eigenvalue weighted by molar-refractivity contribution is 5.90. The fraction of sp³-hybridized carbons (Fsp3) is 0.462. The lowest BCUT2D eigenvalue weighted by atomic mass is 9.96. The SMILES string of the molecule is O=C1CC2CCC1(ONc1ccccc1)C2. The van der Waals surface area contributed by atoms with Crippen LogP contribution >= 0.6 is 0 Å². The van der Waals surface area contributed by atoms with Gasteiger partial charge in [0.05, 0.1) is 5.69 Å². The first-order valence-corrected chi connectivity index (χ1v) is 5.81. The van der Waals surface area contributed by atoms with E-state index in [2.05, 4.69) is 5.48 Å². The second-order valence-electron chi connectivity index (χ2n) is 4.80. The summed E-state index contributed by atoms with van der Waals surface area (Å²) in [4.78, 5) is 17.5. The molecule has 2 bridgehead atoms. The van der Waals surface area contributed by atoms with E-state index < -0.39 is 5.60 Å². The van der Waals surface area contributed by atoms with Crippen LogP contribution in [0.5, 0.6) is 0 Å². The summed E-state index contributed by atoms with van der Waals surface area (Å²) >= 11 is 0. The third-order valence-electron chi connectivity index (χ3n) is 3.70. The summed E-state index contributed by atoms with van der Waals surface area (Å²) < 4.78 is 0. The molecule has 2 fully saturated rings. The number of benzene rings is 1. The second-order valence-corrected chi connectivity index (χ2v) is 4.80. The minimum Gasteiger partial charge on any atom is -0.296 e. The molecule has 1 aromatic carbocycles. The van der Waals surface area contributed by atoms with Gasteiger partial charge in [-0.05, 0) is 37.3 Å². The van der Waals surface area contributed by atoms with Crippen LogP contribution in [0, 0.1) is 5.92 Å². The summed E-state index contributed by atoms with van der Waals surface area (Å²) in [5.41, 5.74) is 3.29. The summed E-state index contributed by atoms with van der Waals surface area (Å²) in [6.45, 7) is 0. The van der Waals surface area contributed by atoms with E-state index in [-0.39, 0.29) is 5.78 Å². The molecule has 1 N–H and O–H groups in total. The van der Waals surface area contributed by atoms with E-state index in [9.17, 15) is 4.79 Å². The van der Waals surface area contributed by atoms with Gasteiger partial charge in [-0.1, -0.05) is 18.2 Å². The molecule has 0 aromatic heterocycles. The van der Waals surface area contributed by atoms with Crippen molar-refractivity contribution in [3.8, 4) is 0 Å². The first kappa shape index (κ1) is 9.85. The Labute approximate surface area is 94.8 Å². The molecule has 1 aromatic rings. The van der Waals surface area contributed by atoms with Gasteiger partial charge in [-0.2, -0.15) is 0 Å². The Balaban J connectivity index is 1.69. The van der Waals surface area contributed by atoms with Gasteiger partial charge in [0.15, 0.2) is 11.4 Å². The van der Waals surface area contributed by atoms with Gasteiger partial charge >= 0.3 is 0 Å². The Bertz CT molecular complexity index is 404. The summed E-state index contributed by atoms with van der Waals surface area (Å²) in [5.74, 6) is 0.831. The Hall–Kier alpha value is -1.35. The van der Waals surface area contributed by atoms with E-state index in [1.165, 1.54) is 0 Å². The maximum Gasteiger partial charge on any atom is 0.167 e. The summed E-state index contributed by atoms with van der Waals surface area (Å²) in [6.07, 6.45) is 3.60. The molecule has 16 heavy (non-hydrogen) atoms. The number of carbonyl (C=O) groups is 1. The molecule has 0 saturated heterocycles. The highest BCUT2D eigenvalue weighted by Gasteiger charge is 2.53. The number of hydrogen-bond acceptors (Lipinski definition) is 3. The van der Waals surface area contributed by atoms with Gasteiger partial charge in [0, 0.05) is 6.42 Å². The maximum absolute atomic E-state index is 11.8. The molecule has 2 saturated carbocycles. The predicted octanol–water partition coefficient (Wildman–Crippen LogP) is 2.54. The number of nitrogens with one attached hydrogen (secondary N) is 1. The molecule has 3 nitrogen and oxygen atoms in total. The van der Waals surface area contributed by atoms with Gasteiger partial charge in [-0.15, -0.1) is 0 Å². The standard InChI is InChI=1S/C13H15NO2/c15-12-8-10-6-7-13(12,9-10)16-14-11-4-2-1-3-5-11/h1-5,10,14H,6-9H2. The lowest BCUT2D eigenvalue weighted by Crippen LogP contribution is -2.38. The van der Waals surface area contributed by atoms with Gasteiger partial charge in [-0.25, -0.2) is 0 Å². The van der Waals surface area contributed by atoms with E-state index >= 15 is 0 Å². The fourth-order valence-corrected chi connectivity index (χ4v) is 2.80. The van der Waals surface area contributed by atoms with Crippen molar-refractivity contribution in [2.24, 2.45) is 5.92 Å². The molecule has 0 aliphatic heterocycles. The first-order valence-electron chi connectivity index (χ1n) is 5.81. The number of carbonyl (C=O) groups excluding carboxylic acids is 1. The molecular formula is C13H15NO2. The van der Waals surface area contributed by atoms with Crippen LogP contribution < -0.4 is 5.48 Å². The molecule has 3 rings (SSSR count). The average Bonchev–Trinajstić information content (AvgIpc) is 2.85. The third-order valence-corrected chi connectivity index (χ3v) is 3.70. The van der Waals surface area contributed by atoms with Crippen molar-refractivity contribution in [3.05, 3.63) is 30.3 Å². The summed E-state index contributed by atoms with van der Waals surface area (Å²) in [6, 6.07) is 9.70. The predicted molar refractivity (Wildman–Crippen MR) is 60.8 cm³/mol. The van der Waals surface area contributed by atoms with Crippen LogP contribution in [0.4, 0.5) is 5.69 Å². The number of hydrogen-bond donors (Lipinski definition) is 1. The molecule has 84 valence electrons. The van der Waals surface area contributed by atoms with E-state index in [1.807, 2.05) is 30.3 Å². The lowest BCUT2D eigenvalue weighted by Gasteiger charge is -2.25. The van der Waals surface area contributed by atoms with Crippen LogP contribution in [0.25, 0.3) is 0 Å². The van der Waals surface area contributed by atoms with Crippen molar-refractivity contribution in [1.29, 1.82) is 0 Å². The first-order chi connectivity index (χ1) is 7.78. The number of para-hydroxylation sites is 1. The number of anilines is 1. The van der Waals surface area contributed by atoms with Crippen LogP contribution in [0.15, 0.2) is 30.3 Å². The molecule has 2 unspecified atom stereocenters. The minimum atomic E-state index is -0.527. The van der Waals surface area contributed by atoms with Gasteiger partial charge in [0.2, 0.25) is 0 Å². The molecule has 0 heterocycles. The zero-order valence-electron chi connectivity index (χ0n) is 9.11. The van der Waals surface area contributed by atoms with Crippen LogP contribution in [0.2, 0.25) is 0 Å². The van der Waals surface area contributed by atoms with E-state index in [4.69, 9.17) is 4.84 Å². The van der Waals surface area contributed by atoms with Crippen molar-refractivity contribution in [2.45, 2.75) is 31.3 Å². The van der Waals surface area contributed by atoms with Crippen LogP contribution in [-0.2, 0) is 9.63 Å². The van der Waals surface area contributed by atoms with Crippen molar-refractivity contribution in [1.82, 2.24) is 0 Å². The Morgan fingerprint density at radius 2 is 2.12 bits per heavy atom. The minimum absolute atomic E-state index is 0.271. The van der Waals surface area contributed by atoms with Gasteiger partial charge in [-0.3, -0.25) is 15.1 Å². The topological polar surface area (TPSA) is 38.3 Å². The van der Waals surface area contributed by atoms with Crippen LogP contribution in [-0.4, -0.2) is 11.4 Å². The molecular weight excluding hydrogens is 202 g/mol. The van der Waals surface area contributed by atoms with E-state index in [1.54, 1.807) is 0 Å². The highest BCUT2D eigenvalue weighted by Crippen LogP contribution is 2.47. The molecule has 0 amide bonds. The number of Topliss-reactive ketones (excluding diaryl/α,β-unsaturated/α-hetero) is 1. The average molecular weight is 217 g/mol. The van der Waals surface area contributed by atoms with Crippen molar-refractivity contribution in [3.63, 3.8) is 0 Å². The van der Waals surface area contributed by atoms with Crippen molar-refractivity contribution >= 4 is 11.5 Å². The van der Waals surface area contributed by atoms with Gasteiger partial charge in [0.25, 0.3) is 0 Å². The smallest absolute Gasteiger partial charge is 0.167 e. The molecule has 2 aliphatic carbocycles. The maximum atomic E-state index is 11.8. The van der Waals surface area contributed by atoms with E-state index in [0.29, 0.717) is 12.3 Å².